The van der Waals surface area contributed by atoms with Gasteiger partial charge in [-0.1, -0.05) is 13.3 Å². The molecule has 8 heteroatoms. The highest BCUT2D eigenvalue weighted by molar-refractivity contribution is 5.68. The number of methoxy groups -OCH3 is 1. The van der Waals surface area contributed by atoms with E-state index >= 15 is 0 Å². The second-order valence-electron chi connectivity index (χ2n) is 5.67. The van der Waals surface area contributed by atoms with Crippen LogP contribution in [0.15, 0.2) is 4.79 Å². The summed E-state index contributed by atoms with van der Waals surface area (Å²) in [5.41, 5.74) is 1.26. The predicted molar refractivity (Wildman–Crippen MR) is 90.4 cm³/mol. The van der Waals surface area contributed by atoms with Crippen molar-refractivity contribution in [1.82, 2.24) is 14.9 Å². The molecule has 24 heavy (non-hydrogen) atoms. The van der Waals surface area contributed by atoms with Crippen molar-refractivity contribution in [3.8, 4) is 0 Å². The van der Waals surface area contributed by atoms with Crippen molar-refractivity contribution in [2.24, 2.45) is 0 Å². The van der Waals surface area contributed by atoms with E-state index in [1.807, 2.05) is 11.8 Å². The molecule has 1 N–H and O–H groups in total. The van der Waals surface area contributed by atoms with Gasteiger partial charge in [-0.15, -0.1) is 0 Å². The maximum atomic E-state index is 12.4. The van der Waals surface area contributed by atoms with Gasteiger partial charge in [0.05, 0.1) is 18.9 Å². The number of carbonyl (C=O) groups is 1. The third-order valence-corrected chi connectivity index (χ3v) is 3.97. The molecule has 0 saturated carbocycles. The van der Waals surface area contributed by atoms with Gasteiger partial charge >= 0.3 is 6.09 Å². The minimum atomic E-state index is -0.294. The summed E-state index contributed by atoms with van der Waals surface area (Å²) in [6, 6.07) is 0. The summed E-state index contributed by atoms with van der Waals surface area (Å²) in [7, 11) is 1.59. The molecule has 2 heterocycles. The maximum absolute atomic E-state index is 12.4. The number of nitrogens with one attached hydrogen (secondary N) is 1. The number of amides is 1. The van der Waals surface area contributed by atoms with Crippen molar-refractivity contribution in [2.75, 3.05) is 44.8 Å². The third kappa shape index (κ3) is 4.25. The lowest BCUT2D eigenvalue weighted by molar-refractivity contribution is 0.105. The van der Waals surface area contributed by atoms with Gasteiger partial charge in [0.25, 0.3) is 5.56 Å². The Morgan fingerprint density at radius 2 is 1.96 bits per heavy atom. The smallest absolute Gasteiger partial charge is 0.409 e. The van der Waals surface area contributed by atoms with Crippen LogP contribution >= 0.6 is 0 Å². The monoisotopic (exact) mass is 338 g/mol. The molecular formula is C16H26N4O4. The molecule has 2 rings (SSSR count). The Balaban J connectivity index is 2.13. The fraction of sp³-hybridized carbons (Fsp3) is 0.688. The molecule has 0 atom stereocenters. The Kier molecular flexibility index (Phi) is 6.60. The molecule has 1 aliphatic heterocycles. The number of anilines is 1. The summed E-state index contributed by atoms with van der Waals surface area (Å²) in [4.78, 5) is 35.2. The first-order valence-electron chi connectivity index (χ1n) is 8.38. The summed E-state index contributed by atoms with van der Waals surface area (Å²) in [5.74, 6) is 0.537. The Bertz CT molecular complexity index is 609. The summed E-state index contributed by atoms with van der Waals surface area (Å²) in [6.45, 7) is 6.78. The first-order chi connectivity index (χ1) is 11.6. The van der Waals surface area contributed by atoms with Gasteiger partial charge in [-0.05, 0) is 13.3 Å². The zero-order valence-electron chi connectivity index (χ0n) is 14.6. The lowest BCUT2D eigenvalue weighted by Gasteiger charge is -2.34. The molecule has 1 aromatic heterocycles. The van der Waals surface area contributed by atoms with Crippen LogP contribution < -0.4 is 10.5 Å². The van der Waals surface area contributed by atoms with Gasteiger partial charge in [-0.25, -0.2) is 9.78 Å². The van der Waals surface area contributed by atoms with Gasteiger partial charge < -0.3 is 19.3 Å². The number of hydrogen-bond donors (Lipinski definition) is 1. The van der Waals surface area contributed by atoms with Crippen LogP contribution in [0.25, 0.3) is 0 Å². The minimum Gasteiger partial charge on any atom is -0.450 e. The van der Waals surface area contributed by atoms with Gasteiger partial charge in [0.2, 0.25) is 5.95 Å². The van der Waals surface area contributed by atoms with E-state index in [4.69, 9.17) is 9.47 Å². The molecule has 0 bridgehead atoms. The normalized spacial score (nSPS) is 14.8. The van der Waals surface area contributed by atoms with E-state index in [-0.39, 0.29) is 11.7 Å². The molecular weight excluding hydrogens is 312 g/mol. The molecule has 0 aromatic carbocycles. The number of aromatic amines is 1. The van der Waals surface area contributed by atoms with Crippen LogP contribution in [-0.2, 0) is 22.5 Å². The highest BCUT2D eigenvalue weighted by Gasteiger charge is 2.24. The number of nitrogens with zero attached hydrogens (tertiary/aromatic N) is 3. The Labute approximate surface area is 141 Å². The van der Waals surface area contributed by atoms with E-state index in [9.17, 15) is 9.59 Å². The number of carbonyl (C=O) groups excluding carboxylic acids is 1. The average Bonchev–Trinajstić information content (AvgIpc) is 2.58. The van der Waals surface area contributed by atoms with Crippen molar-refractivity contribution in [3.05, 3.63) is 21.6 Å². The largest absolute Gasteiger partial charge is 0.450 e. The van der Waals surface area contributed by atoms with E-state index in [0.29, 0.717) is 63.0 Å². The van der Waals surface area contributed by atoms with Crippen LogP contribution in [0.1, 0.15) is 31.5 Å². The highest BCUT2D eigenvalue weighted by Crippen LogP contribution is 2.14. The quantitative estimate of drug-likeness (QED) is 0.837. The minimum absolute atomic E-state index is 0.110. The van der Waals surface area contributed by atoms with Gasteiger partial charge in [0, 0.05) is 38.9 Å². The molecule has 1 saturated heterocycles. The number of hydrogen-bond acceptors (Lipinski definition) is 6. The van der Waals surface area contributed by atoms with Crippen LogP contribution in [0.3, 0.4) is 0 Å². The molecule has 1 amide bonds. The maximum Gasteiger partial charge on any atom is 0.409 e. The van der Waals surface area contributed by atoms with Crippen LogP contribution in [0.4, 0.5) is 10.7 Å². The van der Waals surface area contributed by atoms with Crippen LogP contribution in [0.2, 0.25) is 0 Å². The van der Waals surface area contributed by atoms with E-state index in [0.717, 1.165) is 6.42 Å². The van der Waals surface area contributed by atoms with Crippen LogP contribution in [0, 0.1) is 0 Å². The zero-order chi connectivity index (χ0) is 17.5. The summed E-state index contributed by atoms with van der Waals surface area (Å²) < 4.78 is 10.2. The highest BCUT2D eigenvalue weighted by atomic mass is 16.6. The van der Waals surface area contributed by atoms with Crippen LogP contribution in [0.5, 0.6) is 0 Å². The Morgan fingerprint density at radius 1 is 1.25 bits per heavy atom. The van der Waals surface area contributed by atoms with Crippen molar-refractivity contribution in [1.29, 1.82) is 0 Å². The second kappa shape index (κ2) is 8.68. The fourth-order valence-electron chi connectivity index (χ4n) is 2.76. The van der Waals surface area contributed by atoms with E-state index in [1.165, 1.54) is 0 Å². The van der Waals surface area contributed by atoms with Gasteiger partial charge in [0.15, 0.2) is 0 Å². The molecule has 8 nitrogen and oxygen atoms in total. The van der Waals surface area contributed by atoms with E-state index in [1.54, 1.807) is 18.9 Å². The Hall–Kier alpha value is -2.09. The number of rotatable bonds is 6. The summed E-state index contributed by atoms with van der Waals surface area (Å²) in [5, 5.41) is 0. The average molecular weight is 338 g/mol. The molecule has 0 spiro atoms. The Morgan fingerprint density at radius 3 is 2.54 bits per heavy atom. The lowest BCUT2D eigenvalue weighted by atomic mass is 10.1. The molecule has 0 unspecified atom stereocenters. The van der Waals surface area contributed by atoms with Gasteiger partial charge in [-0.2, -0.15) is 0 Å². The van der Waals surface area contributed by atoms with Crippen molar-refractivity contribution in [2.45, 2.75) is 33.3 Å². The fourth-order valence-corrected chi connectivity index (χ4v) is 2.76. The zero-order valence-corrected chi connectivity index (χ0v) is 14.6. The number of piperazine rings is 1. The third-order valence-electron chi connectivity index (χ3n) is 3.97. The molecule has 1 aliphatic rings. The van der Waals surface area contributed by atoms with Gasteiger partial charge in [0.1, 0.15) is 0 Å². The van der Waals surface area contributed by atoms with Crippen molar-refractivity contribution in [3.63, 3.8) is 0 Å². The van der Waals surface area contributed by atoms with Crippen LogP contribution in [-0.4, -0.2) is 60.9 Å². The topological polar surface area (TPSA) is 87.8 Å². The molecule has 1 aromatic rings. The van der Waals surface area contributed by atoms with E-state index < -0.39 is 0 Å². The SMILES string of the molecule is CCCc1c(COC)nc(N2CCN(C(=O)OCC)CC2)[nH]c1=O. The molecule has 0 aliphatic carbocycles. The molecule has 1 fully saturated rings. The van der Waals surface area contributed by atoms with E-state index in [2.05, 4.69) is 9.97 Å². The predicted octanol–water partition coefficient (Wildman–Crippen LogP) is 1.15. The standard InChI is InChI=1S/C16H26N4O4/c1-4-6-12-13(11-23-3)17-15(18-14(12)21)19-7-9-20(10-8-19)16(22)24-5-2/h4-11H2,1-3H3,(H,17,18,21). The number of ether oxygens (including phenoxy) is 2. The number of H-pyrrole nitrogens is 1. The first-order valence-corrected chi connectivity index (χ1v) is 8.38. The molecule has 134 valence electrons. The second-order valence-corrected chi connectivity index (χ2v) is 5.67. The lowest BCUT2D eigenvalue weighted by Crippen LogP contribution is -2.49. The first kappa shape index (κ1) is 18.3. The number of aromatic nitrogens is 2. The van der Waals surface area contributed by atoms with Gasteiger partial charge in [-0.3, -0.25) is 9.78 Å². The van der Waals surface area contributed by atoms with Crippen molar-refractivity contribution >= 4 is 12.0 Å². The summed E-state index contributed by atoms with van der Waals surface area (Å²) >= 11 is 0. The molecule has 0 radical (unpaired) electrons. The summed E-state index contributed by atoms with van der Waals surface area (Å²) in [6.07, 6.45) is 1.26. The van der Waals surface area contributed by atoms with Crippen molar-refractivity contribution < 1.29 is 14.3 Å².